The molecule has 1 atom stereocenters. The normalized spacial score (nSPS) is 19.8. The average molecular weight is 277 g/mol. The lowest BCUT2D eigenvalue weighted by Crippen LogP contribution is -2.43. The lowest BCUT2D eigenvalue weighted by atomic mass is 9.94. The molecule has 0 radical (unpaired) electrons. The summed E-state index contributed by atoms with van der Waals surface area (Å²) in [6, 6.07) is 0. The molecule has 0 spiro atoms. The zero-order valence-corrected chi connectivity index (χ0v) is 12.5. The Morgan fingerprint density at radius 3 is 2.90 bits per heavy atom. The summed E-state index contributed by atoms with van der Waals surface area (Å²) in [5.74, 6) is 0.438. The lowest BCUT2D eigenvalue weighted by Gasteiger charge is -2.34. The van der Waals surface area contributed by atoms with Gasteiger partial charge in [0.05, 0.1) is 5.69 Å². The summed E-state index contributed by atoms with van der Waals surface area (Å²) in [6.07, 6.45) is 7.99. The van der Waals surface area contributed by atoms with Crippen LogP contribution in [-0.4, -0.2) is 39.7 Å². The number of hydrogen-bond donors (Lipinski definition) is 0. The van der Waals surface area contributed by atoms with Crippen LogP contribution in [0.3, 0.4) is 0 Å². The number of carbonyl (C=O) groups excluding carboxylic acids is 1. The van der Waals surface area contributed by atoms with Crippen LogP contribution in [-0.2, 0) is 11.2 Å². The van der Waals surface area contributed by atoms with E-state index in [1.54, 1.807) is 18.6 Å². The highest BCUT2D eigenvalue weighted by atomic mass is 16.6. The minimum absolute atomic E-state index is 0.207. The minimum atomic E-state index is -0.436. The van der Waals surface area contributed by atoms with Crippen molar-refractivity contribution in [2.75, 3.05) is 13.1 Å². The Morgan fingerprint density at radius 2 is 2.25 bits per heavy atom. The molecule has 1 aromatic rings. The van der Waals surface area contributed by atoms with Gasteiger partial charge in [-0.15, -0.1) is 0 Å². The zero-order valence-electron chi connectivity index (χ0n) is 12.5. The third kappa shape index (κ3) is 4.47. The van der Waals surface area contributed by atoms with Crippen molar-refractivity contribution in [3.63, 3.8) is 0 Å². The van der Waals surface area contributed by atoms with Crippen LogP contribution < -0.4 is 0 Å². The topological polar surface area (TPSA) is 55.3 Å². The van der Waals surface area contributed by atoms with Crippen LogP contribution in [0.4, 0.5) is 4.79 Å². The highest BCUT2D eigenvalue weighted by Gasteiger charge is 2.27. The smallest absolute Gasteiger partial charge is 0.410 e. The maximum Gasteiger partial charge on any atom is 0.410 e. The second-order valence-electron chi connectivity index (χ2n) is 6.34. The number of amides is 1. The number of aromatic nitrogens is 2. The Balaban J connectivity index is 1.90. The largest absolute Gasteiger partial charge is 0.444 e. The van der Waals surface area contributed by atoms with E-state index in [-0.39, 0.29) is 6.09 Å². The van der Waals surface area contributed by atoms with Crippen LogP contribution in [0, 0.1) is 5.92 Å². The molecule has 2 heterocycles. The molecule has 1 fully saturated rings. The van der Waals surface area contributed by atoms with Gasteiger partial charge in [0.1, 0.15) is 5.60 Å². The summed E-state index contributed by atoms with van der Waals surface area (Å²) in [4.78, 5) is 22.3. The highest BCUT2D eigenvalue weighted by molar-refractivity contribution is 5.68. The Hall–Kier alpha value is -1.65. The number of piperidine rings is 1. The van der Waals surface area contributed by atoms with E-state index >= 15 is 0 Å². The number of rotatable bonds is 2. The third-order valence-corrected chi connectivity index (χ3v) is 3.29. The van der Waals surface area contributed by atoms with Crippen LogP contribution in [0.5, 0.6) is 0 Å². The first-order chi connectivity index (χ1) is 9.44. The Kier molecular flexibility index (Phi) is 4.57. The molecule has 1 aliphatic rings. The predicted octanol–water partition coefficient (Wildman–Crippen LogP) is 2.67. The second kappa shape index (κ2) is 6.20. The highest BCUT2D eigenvalue weighted by Crippen LogP contribution is 2.21. The fourth-order valence-electron chi connectivity index (χ4n) is 2.46. The van der Waals surface area contributed by atoms with Crippen LogP contribution in [0.15, 0.2) is 18.6 Å². The van der Waals surface area contributed by atoms with Crippen molar-refractivity contribution in [2.24, 2.45) is 5.92 Å². The fourth-order valence-corrected chi connectivity index (χ4v) is 2.46. The van der Waals surface area contributed by atoms with Crippen molar-refractivity contribution in [3.8, 4) is 0 Å². The fraction of sp³-hybridized carbons (Fsp3) is 0.667. The molecule has 0 aliphatic carbocycles. The lowest BCUT2D eigenvalue weighted by molar-refractivity contribution is 0.0165. The summed E-state index contributed by atoms with van der Waals surface area (Å²) < 4.78 is 5.43. The number of hydrogen-bond acceptors (Lipinski definition) is 4. The number of ether oxygens (including phenoxy) is 1. The van der Waals surface area contributed by atoms with E-state index in [0.29, 0.717) is 5.92 Å². The van der Waals surface area contributed by atoms with E-state index in [0.717, 1.165) is 38.0 Å². The average Bonchev–Trinajstić information content (AvgIpc) is 2.38. The maximum atomic E-state index is 12.1. The van der Waals surface area contributed by atoms with Gasteiger partial charge in [-0.25, -0.2) is 4.79 Å². The molecule has 1 aromatic heterocycles. The van der Waals surface area contributed by atoms with Crippen LogP contribution in [0.1, 0.15) is 39.3 Å². The van der Waals surface area contributed by atoms with Gasteiger partial charge in [-0.2, -0.15) is 0 Å². The standard InChI is InChI=1S/C15H23N3O2/c1-15(2,3)20-14(19)18-8-4-5-12(11-18)9-13-10-16-6-7-17-13/h6-7,10,12H,4-5,8-9,11H2,1-3H3/t12-/m1/s1. The molecule has 1 aliphatic heterocycles. The van der Waals surface area contributed by atoms with E-state index in [9.17, 15) is 4.79 Å². The molecule has 0 N–H and O–H groups in total. The molecule has 1 saturated heterocycles. The molecular weight excluding hydrogens is 254 g/mol. The third-order valence-electron chi connectivity index (χ3n) is 3.29. The number of likely N-dealkylation sites (tertiary alicyclic amines) is 1. The van der Waals surface area contributed by atoms with Gasteiger partial charge in [-0.3, -0.25) is 9.97 Å². The van der Waals surface area contributed by atoms with Gasteiger partial charge < -0.3 is 9.64 Å². The minimum Gasteiger partial charge on any atom is -0.444 e. The molecule has 0 saturated carbocycles. The second-order valence-corrected chi connectivity index (χ2v) is 6.34. The van der Waals surface area contributed by atoms with Gasteiger partial charge in [0.25, 0.3) is 0 Å². The number of carbonyl (C=O) groups is 1. The van der Waals surface area contributed by atoms with Crippen molar-refractivity contribution in [1.29, 1.82) is 0 Å². The molecule has 2 rings (SSSR count). The first-order valence-corrected chi connectivity index (χ1v) is 7.17. The monoisotopic (exact) mass is 277 g/mol. The SMILES string of the molecule is CC(C)(C)OC(=O)N1CCC[C@H](Cc2cnccn2)C1. The Bertz CT molecular complexity index is 442. The van der Waals surface area contributed by atoms with Gasteiger partial charge in [0.15, 0.2) is 0 Å². The molecule has 5 heteroatoms. The molecule has 0 bridgehead atoms. The Morgan fingerprint density at radius 1 is 1.45 bits per heavy atom. The van der Waals surface area contributed by atoms with Crippen LogP contribution >= 0.6 is 0 Å². The molecule has 20 heavy (non-hydrogen) atoms. The molecule has 5 nitrogen and oxygen atoms in total. The van der Waals surface area contributed by atoms with Crippen molar-refractivity contribution < 1.29 is 9.53 Å². The van der Waals surface area contributed by atoms with Gasteiger partial charge >= 0.3 is 6.09 Å². The van der Waals surface area contributed by atoms with Crippen LogP contribution in [0.2, 0.25) is 0 Å². The zero-order chi connectivity index (χ0) is 14.6. The maximum absolute atomic E-state index is 12.1. The molecule has 0 unspecified atom stereocenters. The van der Waals surface area contributed by atoms with Crippen molar-refractivity contribution in [2.45, 2.75) is 45.6 Å². The summed E-state index contributed by atoms with van der Waals surface area (Å²) in [6.45, 7) is 7.21. The molecule has 1 amide bonds. The van der Waals surface area contributed by atoms with Gasteiger partial charge in [-0.05, 0) is 46.0 Å². The summed E-state index contributed by atoms with van der Waals surface area (Å²) in [5.41, 5.74) is 0.554. The van der Waals surface area contributed by atoms with E-state index in [4.69, 9.17) is 4.74 Å². The van der Waals surface area contributed by atoms with E-state index in [1.165, 1.54) is 0 Å². The van der Waals surface area contributed by atoms with Crippen molar-refractivity contribution >= 4 is 6.09 Å². The van der Waals surface area contributed by atoms with E-state index in [2.05, 4.69) is 9.97 Å². The van der Waals surface area contributed by atoms with E-state index < -0.39 is 5.60 Å². The Labute approximate surface area is 120 Å². The molecular formula is C15H23N3O2. The summed E-state index contributed by atoms with van der Waals surface area (Å²) in [5, 5.41) is 0. The first kappa shape index (κ1) is 14.8. The predicted molar refractivity (Wildman–Crippen MR) is 76.3 cm³/mol. The summed E-state index contributed by atoms with van der Waals surface area (Å²) in [7, 11) is 0. The van der Waals surface area contributed by atoms with Gasteiger partial charge in [0.2, 0.25) is 0 Å². The first-order valence-electron chi connectivity index (χ1n) is 7.17. The molecule has 0 aromatic carbocycles. The molecule has 110 valence electrons. The van der Waals surface area contributed by atoms with Gasteiger partial charge in [0, 0.05) is 31.7 Å². The van der Waals surface area contributed by atoms with E-state index in [1.807, 2.05) is 25.7 Å². The van der Waals surface area contributed by atoms with Crippen molar-refractivity contribution in [1.82, 2.24) is 14.9 Å². The van der Waals surface area contributed by atoms with Crippen LogP contribution in [0.25, 0.3) is 0 Å². The quantitative estimate of drug-likeness (QED) is 0.834. The summed E-state index contributed by atoms with van der Waals surface area (Å²) >= 11 is 0. The number of nitrogens with zero attached hydrogens (tertiary/aromatic N) is 3. The van der Waals surface area contributed by atoms with Crippen molar-refractivity contribution in [3.05, 3.63) is 24.3 Å². The van der Waals surface area contributed by atoms with Gasteiger partial charge in [-0.1, -0.05) is 0 Å².